The van der Waals surface area contributed by atoms with E-state index in [1.54, 1.807) is 0 Å². The van der Waals surface area contributed by atoms with Crippen LogP contribution in [-0.4, -0.2) is 21.4 Å². The van der Waals surface area contributed by atoms with E-state index in [1.807, 2.05) is 38.1 Å². The molecule has 2 rings (SSSR count). The number of carbonyl (C=O) groups excluding carboxylic acids is 1. The minimum Gasteiger partial charge on any atom is -0.381 e. The lowest BCUT2D eigenvalue weighted by Gasteiger charge is -2.25. The standard InChI is InChI=1S/C13H17N5O/c1-13(2,7-10(14)19)18-12-11(15)16-8-5-3-4-6-9(8)17-12/h3-6H,7H2,1-2H3,(H2,14,19)(H2,15,16)(H,17,18). The highest BCUT2D eigenvalue weighted by Crippen LogP contribution is 2.23. The van der Waals surface area contributed by atoms with E-state index in [0.29, 0.717) is 11.6 Å². The first-order chi connectivity index (χ1) is 8.87. The number of fused-ring (bicyclic) bond motifs is 1. The highest BCUT2D eigenvalue weighted by atomic mass is 16.1. The predicted octanol–water partition coefficient (Wildman–Crippen LogP) is 1.28. The molecule has 0 aliphatic carbocycles. The number of nitrogens with two attached hydrogens (primary N) is 2. The SMILES string of the molecule is CC(C)(CC(N)=O)Nc1nc2ccccc2nc1N. The van der Waals surface area contributed by atoms with Crippen molar-refractivity contribution < 1.29 is 4.79 Å². The van der Waals surface area contributed by atoms with E-state index in [2.05, 4.69) is 15.3 Å². The minimum absolute atomic E-state index is 0.181. The number of hydrogen-bond donors (Lipinski definition) is 3. The lowest BCUT2D eigenvalue weighted by Crippen LogP contribution is -2.36. The Hall–Kier alpha value is -2.37. The number of primary amides is 1. The van der Waals surface area contributed by atoms with Crippen molar-refractivity contribution in [1.29, 1.82) is 0 Å². The number of rotatable bonds is 4. The summed E-state index contributed by atoms with van der Waals surface area (Å²) in [5, 5.41) is 3.11. The fourth-order valence-corrected chi connectivity index (χ4v) is 1.91. The normalized spacial score (nSPS) is 11.5. The molecule has 6 heteroatoms. The van der Waals surface area contributed by atoms with Crippen LogP contribution in [0.1, 0.15) is 20.3 Å². The molecule has 100 valence electrons. The molecule has 2 aromatic rings. The first-order valence-corrected chi connectivity index (χ1v) is 5.96. The number of para-hydroxylation sites is 2. The van der Waals surface area contributed by atoms with Gasteiger partial charge >= 0.3 is 0 Å². The van der Waals surface area contributed by atoms with Crippen LogP contribution < -0.4 is 16.8 Å². The zero-order valence-electron chi connectivity index (χ0n) is 11.0. The van der Waals surface area contributed by atoms with Gasteiger partial charge in [0.25, 0.3) is 0 Å². The van der Waals surface area contributed by atoms with Gasteiger partial charge in [-0.3, -0.25) is 4.79 Å². The second-order valence-corrected chi connectivity index (χ2v) is 5.10. The Morgan fingerprint density at radius 2 is 1.84 bits per heavy atom. The average molecular weight is 259 g/mol. The number of carbonyl (C=O) groups is 1. The summed E-state index contributed by atoms with van der Waals surface area (Å²) in [6, 6.07) is 7.46. The van der Waals surface area contributed by atoms with Gasteiger partial charge in [0.1, 0.15) is 0 Å². The number of nitrogen functional groups attached to an aromatic ring is 1. The van der Waals surface area contributed by atoms with E-state index in [4.69, 9.17) is 11.5 Å². The summed E-state index contributed by atoms with van der Waals surface area (Å²) in [7, 11) is 0. The summed E-state index contributed by atoms with van der Waals surface area (Å²) in [5.41, 5.74) is 12.0. The molecule has 1 amide bonds. The summed E-state index contributed by atoms with van der Waals surface area (Å²) in [6.07, 6.45) is 0.181. The Balaban J connectivity index is 2.34. The van der Waals surface area contributed by atoms with Crippen molar-refractivity contribution in [3.8, 4) is 0 Å². The summed E-state index contributed by atoms with van der Waals surface area (Å²) >= 11 is 0. The molecule has 0 aliphatic heterocycles. The van der Waals surface area contributed by atoms with Gasteiger partial charge in [0.15, 0.2) is 11.6 Å². The van der Waals surface area contributed by atoms with Crippen LogP contribution in [0.5, 0.6) is 0 Å². The third-order valence-corrected chi connectivity index (χ3v) is 2.67. The largest absolute Gasteiger partial charge is 0.381 e. The molecule has 0 fully saturated rings. The molecule has 5 N–H and O–H groups in total. The molecule has 0 bridgehead atoms. The molecule has 1 heterocycles. The van der Waals surface area contributed by atoms with E-state index < -0.39 is 5.54 Å². The summed E-state index contributed by atoms with van der Waals surface area (Å²) in [4.78, 5) is 19.7. The lowest BCUT2D eigenvalue weighted by molar-refractivity contribution is -0.118. The van der Waals surface area contributed by atoms with Gasteiger partial charge in [-0.25, -0.2) is 9.97 Å². The maximum absolute atomic E-state index is 11.0. The van der Waals surface area contributed by atoms with Gasteiger partial charge in [-0.15, -0.1) is 0 Å². The van der Waals surface area contributed by atoms with E-state index in [9.17, 15) is 4.79 Å². The van der Waals surface area contributed by atoms with Crippen molar-refractivity contribution in [3.05, 3.63) is 24.3 Å². The van der Waals surface area contributed by atoms with Gasteiger partial charge in [0.05, 0.1) is 11.0 Å². The van der Waals surface area contributed by atoms with Crippen molar-refractivity contribution >= 4 is 28.6 Å². The minimum atomic E-state index is -0.531. The topological polar surface area (TPSA) is 107 Å². The van der Waals surface area contributed by atoms with Gasteiger partial charge in [0.2, 0.25) is 5.91 Å². The van der Waals surface area contributed by atoms with Crippen LogP contribution in [0.25, 0.3) is 11.0 Å². The number of aromatic nitrogens is 2. The van der Waals surface area contributed by atoms with Gasteiger partial charge in [-0.1, -0.05) is 12.1 Å². The summed E-state index contributed by atoms with van der Waals surface area (Å²) in [6.45, 7) is 3.71. The summed E-state index contributed by atoms with van der Waals surface area (Å²) in [5.74, 6) is 0.381. The molecule has 0 radical (unpaired) electrons. The molecular weight excluding hydrogens is 242 g/mol. The smallest absolute Gasteiger partial charge is 0.219 e. The van der Waals surface area contributed by atoms with Gasteiger partial charge < -0.3 is 16.8 Å². The Bertz CT molecular complexity index is 623. The number of anilines is 2. The Morgan fingerprint density at radius 1 is 1.26 bits per heavy atom. The van der Waals surface area contributed by atoms with Crippen molar-refractivity contribution in [2.75, 3.05) is 11.1 Å². The van der Waals surface area contributed by atoms with Crippen LogP contribution in [0.4, 0.5) is 11.6 Å². The molecule has 19 heavy (non-hydrogen) atoms. The molecule has 0 aliphatic rings. The monoisotopic (exact) mass is 259 g/mol. The zero-order valence-corrected chi connectivity index (χ0v) is 11.0. The third kappa shape index (κ3) is 3.09. The highest BCUT2D eigenvalue weighted by Gasteiger charge is 2.22. The third-order valence-electron chi connectivity index (χ3n) is 2.67. The van der Waals surface area contributed by atoms with Crippen molar-refractivity contribution in [2.45, 2.75) is 25.8 Å². The fraction of sp³-hybridized carbons (Fsp3) is 0.308. The lowest BCUT2D eigenvalue weighted by atomic mass is 10.0. The maximum atomic E-state index is 11.0. The van der Waals surface area contributed by atoms with Crippen molar-refractivity contribution in [1.82, 2.24) is 9.97 Å². The van der Waals surface area contributed by atoms with Crippen LogP contribution in [-0.2, 0) is 4.79 Å². The first kappa shape index (κ1) is 13.1. The molecule has 6 nitrogen and oxygen atoms in total. The number of hydrogen-bond acceptors (Lipinski definition) is 5. The van der Waals surface area contributed by atoms with Crippen LogP contribution >= 0.6 is 0 Å². The fourth-order valence-electron chi connectivity index (χ4n) is 1.91. The quantitative estimate of drug-likeness (QED) is 0.766. The predicted molar refractivity (Wildman–Crippen MR) is 75.5 cm³/mol. The zero-order chi connectivity index (χ0) is 14.0. The van der Waals surface area contributed by atoms with Gasteiger partial charge in [0, 0.05) is 12.0 Å². The Labute approximate surface area is 111 Å². The van der Waals surface area contributed by atoms with Crippen molar-refractivity contribution in [3.63, 3.8) is 0 Å². The molecule has 1 aromatic carbocycles. The molecule has 0 spiro atoms. The van der Waals surface area contributed by atoms with Crippen molar-refractivity contribution in [2.24, 2.45) is 5.73 Å². The van der Waals surface area contributed by atoms with Crippen LogP contribution in [0.15, 0.2) is 24.3 Å². The van der Waals surface area contributed by atoms with Crippen LogP contribution in [0.2, 0.25) is 0 Å². The highest BCUT2D eigenvalue weighted by molar-refractivity contribution is 5.80. The average Bonchev–Trinajstić information content (AvgIpc) is 2.27. The van der Waals surface area contributed by atoms with E-state index in [1.165, 1.54) is 0 Å². The Morgan fingerprint density at radius 3 is 2.42 bits per heavy atom. The van der Waals surface area contributed by atoms with Gasteiger partial charge in [-0.05, 0) is 26.0 Å². The van der Waals surface area contributed by atoms with E-state index in [-0.39, 0.29) is 12.3 Å². The second-order valence-electron chi connectivity index (χ2n) is 5.10. The molecule has 0 unspecified atom stereocenters. The number of benzene rings is 1. The van der Waals surface area contributed by atoms with E-state index >= 15 is 0 Å². The molecule has 0 saturated carbocycles. The molecule has 0 saturated heterocycles. The molecule has 0 atom stereocenters. The molecular formula is C13H17N5O. The van der Waals surface area contributed by atoms with E-state index in [0.717, 1.165) is 11.0 Å². The maximum Gasteiger partial charge on any atom is 0.219 e. The van der Waals surface area contributed by atoms with Gasteiger partial charge in [-0.2, -0.15) is 0 Å². The van der Waals surface area contributed by atoms with Crippen LogP contribution in [0.3, 0.4) is 0 Å². The van der Waals surface area contributed by atoms with Crippen LogP contribution in [0, 0.1) is 0 Å². The first-order valence-electron chi connectivity index (χ1n) is 5.96. The molecule has 1 aromatic heterocycles. The second kappa shape index (κ2) is 4.72. The number of amides is 1. The number of nitrogens with zero attached hydrogens (tertiary/aromatic N) is 2. The number of nitrogens with one attached hydrogen (secondary N) is 1. The Kier molecular flexibility index (Phi) is 3.25. The summed E-state index contributed by atoms with van der Waals surface area (Å²) < 4.78 is 0.